The highest BCUT2D eigenvalue weighted by atomic mass is 79.9. The second-order valence-electron chi connectivity index (χ2n) is 4.35. The number of rotatable bonds is 3. The lowest BCUT2D eigenvalue weighted by Gasteiger charge is -2.12. The van der Waals surface area contributed by atoms with E-state index in [-0.39, 0.29) is 5.91 Å². The Balaban J connectivity index is 2.15. The number of hydrogen-bond acceptors (Lipinski definition) is 2. The van der Waals surface area contributed by atoms with Gasteiger partial charge in [0.25, 0.3) is 0 Å². The Hall–Kier alpha value is -1.55. The average molecular weight is 307 g/mol. The Bertz CT molecular complexity index is 581. The highest BCUT2D eigenvalue weighted by Crippen LogP contribution is 2.22. The molecule has 0 saturated carbocycles. The minimum atomic E-state index is 0.0610. The normalized spacial score (nSPS) is 10.4. The van der Waals surface area contributed by atoms with E-state index in [4.69, 9.17) is 0 Å². The van der Waals surface area contributed by atoms with Crippen molar-refractivity contribution < 1.29 is 4.79 Å². The van der Waals surface area contributed by atoms with Gasteiger partial charge in [-0.2, -0.15) is 0 Å². The predicted molar refractivity (Wildman–Crippen MR) is 78.8 cm³/mol. The molecule has 2 aromatic rings. The van der Waals surface area contributed by atoms with Crippen LogP contribution >= 0.6 is 15.9 Å². The highest BCUT2D eigenvalue weighted by molar-refractivity contribution is 9.10. The number of halogens is 1. The van der Waals surface area contributed by atoms with E-state index in [0.29, 0.717) is 6.54 Å². The molecular weight excluding hydrogens is 292 g/mol. The van der Waals surface area contributed by atoms with Gasteiger partial charge in [-0.25, -0.2) is 0 Å². The van der Waals surface area contributed by atoms with Crippen LogP contribution in [-0.2, 0) is 4.79 Å². The molecule has 0 heterocycles. The summed E-state index contributed by atoms with van der Waals surface area (Å²) in [5.74, 6) is 0.0610. The summed E-state index contributed by atoms with van der Waals surface area (Å²) in [7, 11) is 3.50. The van der Waals surface area contributed by atoms with Gasteiger partial charge in [-0.1, -0.05) is 28.1 Å². The fourth-order valence-corrected chi connectivity index (χ4v) is 2.04. The predicted octanol–water partition coefficient (Wildman–Crippen LogP) is 3.10. The Labute approximate surface area is 115 Å². The van der Waals surface area contributed by atoms with Crippen LogP contribution in [0.1, 0.15) is 0 Å². The van der Waals surface area contributed by atoms with E-state index in [9.17, 15) is 4.79 Å². The molecule has 0 unspecified atom stereocenters. The van der Waals surface area contributed by atoms with E-state index in [1.807, 2.05) is 24.3 Å². The smallest absolute Gasteiger partial charge is 0.241 e. The van der Waals surface area contributed by atoms with Gasteiger partial charge >= 0.3 is 0 Å². The molecule has 1 N–H and O–H groups in total. The summed E-state index contributed by atoms with van der Waals surface area (Å²) in [5.41, 5.74) is 0.958. The largest absolute Gasteiger partial charge is 0.376 e. The van der Waals surface area contributed by atoms with Crippen LogP contribution < -0.4 is 5.32 Å². The van der Waals surface area contributed by atoms with Crippen LogP contribution in [0.4, 0.5) is 5.69 Å². The maximum atomic E-state index is 11.5. The summed E-state index contributed by atoms with van der Waals surface area (Å²) in [6.45, 7) is 0.315. The number of benzene rings is 2. The molecule has 1 amide bonds. The van der Waals surface area contributed by atoms with Crippen LogP contribution in [0.25, 0.3) is 10.8 Å². The molecule has 18 heavy (non-hydrogen) atoms. The molecule has 0 radical (unpaired) electrons. The number of carbonyl (C=O) groups excluding carboxylic acids is 1. The number of nitrogens with one attached hydrogen (secondary N) is 1. The molecule has 94 valence electrons. The summed E-state index contributed by atoms with van der Waals surface area (Å²) in [6, 6.07) is 12.2. The molecule has 0 aromatic heterocycles. The standard InChI is InChI=1S/C14H15BrN2O/c1-17(2)14(18)9-16-13-6-4-10-7-12(15)5-3-11(10)8-13/h3-8,16H,9H2,1-2H3. The van der Waals surface area contributed by atoms with Gasteiger partial charge in [0.15, 0.2) is 0 Å². The lowest BCUT2D eigenvalue weighted by atomic mass is 10.1. The molecule has 0 spiro atoms. The fourth-order valence-electron chi connectivity index (χ4n) is 1.66. The minimum Gasteiger partial charge on any atom is -0.376 e. The lowest BCUT2D eigenvalue weighted by Crippen LogP contribution is -2.28. The summed E-state index contributed by atoms with van der Waals surface area (Å²) >= 11 is 3.45. The quantitative estimate of drug-likeness (QED) is 0.945. The van der Waals surface area contributed by atoms with Crippen LogP contribution in [0.3, 0.4) is 0 Å². The van der Waals surface area contributed by atoms with Crippen molar-refractivity contribution in [1.82, 2.24) is 4.90 Å². The first-order valence-electron chi connectivity index (χ1n) is 5.69. The van der Waals surface area contributed by atoms with Crippen molar-refractivity contribution in [1.29, 1.82) is 0 Å². The number of likely N-dealkylation sites (N-methyl/N-ethyl adjacent to an activating group) is 1. The molecule has 0 aliphatic heterocycles. The van der Waals surface area contributed by atoms with E-state index in [1.54, 1.807) is 19.0 Å². The van der Waals surface area contributed by atoms with Gasteiger partial charge in [-0.15, -0.1) is 0 Å². The van der Waals surface area contributed by atoms with Gasteiger partial charge in [-0.05, 0) is 35.0 Å². The summed E-state index contributed by atoms with van der Waals surface area (Å²) in [5, 5.41) is 5.46. The van der Waals surface area contributed by atoms with Crippen LogP contribution in [0.15, 0.2) is 40.9 Å². The van der Waals surface area contributed by atoms with Crippen molar-refractivity contribution in [2.24, 2.45) is 0 Å². The molecule has 2 rings (SSSR count). The van der Waals surface area contributed by atoms with E-state index in [2.05, 4.69) is 33.4 Å². The third kappa shape index (κ3) is 3.01. The van der Waals surface area contributed by atoms with Crippen molar-refractivity contribution in [3.05, 3.63) is 40.9 Å². The molecule has 3 nitrogen and oxygen atoms in total. The molecule has 0 fully saturated rings. The Morgan fingerprint density at radius 3 is 2.56 bits per heavy atom. The SMILES string of the molecule is CN(C)C(=O)CNc1ccc2cc(Br)ccc2c1. The summed E-state index contributed by atoms with van der Waals surface area (Å²) < 4.78 is 1.07. The molecular formula is C14H15BrN2O. The topological polar surface area (TPSA) is 32.3 Å². The maximum absolute atomic E-state index is 11.5. The molecule has 0 bridgehead atoms. The molecule has 2 aromatic carbocycles. The number of fused-ring (bicyclic) bond motifs is 1. The molecule has 4 heteroatoms. The second-order valence-corrected chi connectivity index (χ2v) is 5.26. The van der Waals surface area contributed by atoms with Crippen molar-refractivity contribution in [3.8, 4) is 0 Å². The monoisotopic (exact) mass is 306 g/mol. The zero-order valence-electron chi connectivity index (χ0n) is 10.4. The zero-order valence-corrected chi connectivity index (χ0v) is 12.0. The van der Waals surface area contributed by atoms with E-state index < -0.39 is 0 Å². The molecule has 0 aliphatic rings. The van der Waals surface area contributed by atoms with E-state index in [0.717, 1.165) is 15.5 Å². The first kappa shape index (κ1) is 12.9. The Kier molecular flexibility index (Phi) is 3.87. The van der Waals surface area contributed by atoms with Crippen LogP contribution in [-0.4, -0.2) is 31.4 Å². The lowest BCUT2D eigenvalue weighted by molar-refractivity contribution is -0.126. The summed E-state index contributed by atoms with van der Waals surface area (Å²) in [6.07, 6.45) is 0. The zero-order chi connectivity index (χ0) is 13.1. The van der Waals surface area contributed by atoms with Gasteiger partial charge < -0.3 is 10.2 Å². The summed E-state index contributed by atoms with van der Waals surface area (Å²) in [4.78, 5) is 13.1. The first-order chi connectivity index (χ1) is 8.56. The van der Waals surface area contributed by atoms with E-state index in [1.165, 1.54) is 5.39 Å². The van der Waals surface area contributed by atoms with Crippen molar-refractivity contribution in [2.75, 3.05) is 26.0 Å². The molecule has 0 aliphatic carbocycles. The number of nitrogens with zero attached hydrogens (tertiary/aromatic N) is 1. The second kappa shape index (κ2) is 5.40. The third-order valence-corrected chi connectivity index (χ3v) is 3.24. The van der Waals surface area contributed by atoms with Crippen LogP contribution in [0, 0.1) is 0 Å². The molecule has 0 saturated heterocycles. The Morgan fingerprint density at radius 1 is 1.17 bits per heavy atom. The van der Waals surface area contributed by atoms with Gasteiger partial charge in [-0.3, -0.25) is 4.79 Å². The highest BCUT2D eigenvalue weighted by Gasteiger charge is 2.03. The van der Waals surface area contributed by atoms with Crippen LogP contribution in [0.2, 0.25) is 0 Å². The van der Waals surface area contributed by atoms with Crippen molar-refractivity contribution in [3.63, 3.8) is 0 Å². The number of anilines is 1. The number of hydrogen-bond donors (Lipinski definition) is 1. The minimum absolute atomic E-state index is 0.0610. The van der Waals surface area contributed by atoms with Gasteiger partial charge in [0.05, 0.1) is 6.54 Å². The Morgan fingerprint density at radius 2 is 1.83 bits per heavy atom. The average Bonchev–Trinajstić information content (AvgIpc) is 2.35. The number of amides is 1. The van der Waals surface area contributed by atoms with Crippen molar-refractivity contribution in [2.45, 2.75) is 0 Å². The number of carbonyl (C=O) groups is 1. The van der Waals surface area contributed by atoms with Crippen molar-refractivity contribution >= 4 is 38.3 Å². The third-order valence-electron chi connectivity index (χ3n) is 2.74. The van der Waals surface area contributed by atoms with Gasteiger partial charge in [0, 0.05) is 24.3 Å². The van der Waals surface area contributed by atoms with Gasteiger partial charge in [0.1, 0.15) is 0 Å². The molecule has 0 atom stereocenters. The maximum Gasteiger partial charge on any atom is 0.241 e. The fraction of sp³-hybridized carbons (Fsp3) is 0.214. The first-order valence-corrected chi connectivity index (χ1v) is 6.49. The van der Waals surface area contributed by atoms with E-state index >= 15 is 0 Å². The van der Waals surface area contributed by atoms with Gasteiger partial charge in [0.2, 0.25) is 5.91 Å². The van der Waals surface area contributed by atoms with Crippen LogP contribution in [0.5, 0.6) is 0 Å².